The Bertz CT molecular complexity index is 353. The second-order valence-corrected chi connectivity index (χ2v) is 3.67. The van der Waals surface area contributed by atoms with Crippen LogP contribution in [0, 0.1) is 18.3 Å². The Balaban J connectivity index is 2.96. The fraction of sp³-hybridized carbons (Fsp3) is 0.300. The number of benzene rings is 1. The van der Waals surface area contributed by atoms with Gasteiger partial charge in [-0.1, -0.05) is 23.2 Å². The SMILES string of the molecule is Cc1cc(Cl)c(Cl)cc1CCC#N. The zero-order valence-corrected chi connectivity index (χ0v) is 8.78. The van der Waals surface area contributed by atoms with Gasteiger partial charge >= 0.3 is 0 Å². The van der Waals surface area contributed by atoms with E-state index in [0.717, 1.165) is 17.5 Å². The summed E-state index contributed by atoms with van der Waals surface area (Å²) in [7, 11) is 0. The minimum atomic E-state index is 0.513. The molecular weight excluding hydrogens is 205 g/mol. The summed E-state index contributed by atoms with van der Waals surface area (Å²) >= 11 is 11.7. The topological polar surface area (TPSA) is 23.8 Å². The van der Waals surface area contributed by atoms with Crippen molar-refractivity contribution in [1.82, 2.24) is 0 Å². The van der Waals surface area contributed by atoms with E-state index in [2.05, 4.69) is 6.07 Å². The monoisotopic (exact) mass is 213 g/mol. The Kier molecular flexibility index (Phi) is 3.59. The van der Waals surface area contributed by atoms with Crippen molar-refractivity contribution in [2.45, 2.75) is 19.8 Å². The number of rotatable bonds is 2. The molecule has 0 saturated heterocycles. The normalized spacial score (nSPS) is 9.69. The van der Waals surface area contributed by atoms with Crippen LogP contribution in [0.25, 0.3) is 0 Å². The molecule has 0 aliphatic heterocycles. The Hall–Kier alpha value is -0.710. The highest BCUT2D eigenvalue weighted by Gasteiger charge is 2.03. The summed E-state index contributed by atoms with van der Waals surface area (Å²) in [6.07, 6.45) is 1.25. The van der Waals surface area contributed by atoms with Crippen LogP contribution in [0.3, 0.4) is 0 Å². The van der Waals surface area contributed by atoms with Gasteiger partial charge in [0.25, 0.3) is 0 Å². The van der Waals surface area contributed by atoms with Gasteiger partial charge in [0, 0.05) is 6.42 Å². The van der Waals surface area contributed by atoms with Crippen molar-refractivity contribution in [3.8, 4) is 6.07 Å². The minimum absolute atomic E-state index is 0.513. The van der Waals surface area contributed by atoms with Crippen molar-refractivity contribution in [3.63, 3.8) is 0 Å². The van der Waals surface area contributed by atoms with Crippen LogP contribution >= 0.6 is 23.2 Å². The van der Waals surface area contributed by atoms with Crippen LogP contribution in [0.2, 0.25) is 10.0 Å². The lowest BCUT2D eigenvalue weighted by Gasteiger charge is -2.05. The van der Waals surface area contributed by atoms with E-state index >= 15 is 0 Å². The zero-order chi connectivity index (χ0) is 9.84. The summed E-state index contributed by atoms with van der Waals surface area (Å²) in [5.41, 5.74) is 2.18. The second kappa shape index (κ2) is 4.50. The smallest absolute Gasteiger partial charge is 0.0625 e. The van der Waals surface area contributed by atoms with Crippen molar-refractivity contribution in [1.29, 1.82) is 5.26 Å². The molecule has 0 aromatic heterocycles. The molecule has 0 unspecified atom stereocenters. The maximum absolute atomic E-state index is 8.43. The van der Waals surface area contributed by atoms with Crippen LogP contribution in [0.5, 0.6) is 0 Å². The summed E-state index contributed by atoms with van der Waals surface area (Å²) in [5, 5.41) is 9.56. The average Bonchev–Trinajstić information content (AvgIpc) is 2.09. The quantitative estimate of drug-likeness (QED) is 0.735. The molecule has 3 heteroatoms. The molecule has 0 fully saturated rings. The van der Waals surface area contributed by atoms with Gasteiger partial charge in [-0.15, -0.1) is 0 Å². The number of hydrogen-bond acceptors (Lipinski definition) is 1. The molecule has 13 heavy (non-hydrogen) atoms. The van der Waals surface area contributed by atoms with Crippen molar-refractivity contribution < 1.29 is 0 Å². The van der Waals surface area contributed by atoms with Gasteiger partial charge in [0.15, 0.2) is 0 Å². The Morgan fingerprint density at radius 2 is 1.92 bits per heavy atom. The molecule has 1 rings (SSSR count). The maximum atomic E-state index is 8.43. The molecule has 0 aliphatic rings. The molecule has 1 nitrogen and oxygen atoms in total. The van der Waals surface area contributed by atoms with Gasteiger partial charge < -0.3 is 0 Å². The molecule has 0 atom stereocenters. The lowest BCUT2D eigenvalue weighted by molar-refractivity contribution is 0.996. The highest BCUT2D eigenvalue weighted by atomic mass is 35.5. The first kappa shape index (κ1) is 10.4. The Labute approximate surface area is 87.9 Å². The van der Waals surface area contributed by atoms with Crippen molar-refractivity contribution in [3.05, 3.63) is 33.3 Å². The van der Waals surface area contributed by atoms with Gasteiger partial charge in [-0.25, -0.2) is 0 Å². The highest BCUT2D eigenvalue weighted by molar-refractivity contribution is 6.42. The minimum Gasteiger partial charge on any atom is -0.198 e. The third kappa shape index (κ3) is 2.62. The summed E-state index contributed by atoms with van der Waals surface area (Å²) in [6, 6.07) is 5.76. The fourth-order valence-electron chi connectivity index (χ4n) is 1.15. The lowest BCUT2D eigenvalue weighted by atomic mass is 10.0. The van der Waals surface area contributed by atoms with Gasteiger partial charge in [0.2, 0.25) is 0 Å². The van der Waals surface area contributed by atoms with Crippen molar-refractivity contribution in [2.24, 2.45) is 0 Å². The predicted octanol–water partition coefficient (Wildman–Crippen LogP) is 3.76. The van der Waals surface area contributed by atoms with Gasteiger partial charge in [-0.05, 0) is 36.6 Å². The van der Waals surface area contributed by atoms with E-state index in [4.69, 9.17) is 28.5 Å². The van der Waals surface area contributed by atoms with E-state index in [1.165, 1.54) is 0 Å². The summed E-state index contributed by atoms with van der Waals surface area (Å²) in [5.74, 6) is 0. The molecule has 0 bridgehead atoms. The summed E-state index contributed by atoms with van der Waals surface area (Å²) in [6.45, 7) is 1.97. The summed E-state index contributed by atoms with van der Waals surface area (Å²) < 4.78 is 0. The maximum Gasteiger partial charge on any atom is 0.0625 e. The molecule has 0 saturated carbocycles. The van der Waals surface area contributed by atoms with E-state index in [-0.39, 0.29) is 0 Å². The second-order valence-electron chi connectivity index (χ2n) is 2.85. The van der Waals surface area contributed by atoms with Crippen LogP contribution < -0.4 is 0 Å². The van der Waals surface area contributed by atoms with E-state index in [1.54, 1.807) is 0 Å². The summed E-state index contributed by atoms with van der Waals surface area (Å²) in [4.78, 5) is 0. The average molecular weight is 214 g/mol. The van der Waals surface area contributed by atoms with Crippen LogP contribution in [0.1, 0.15) is 17.5 Å². The lowest BCUT2D eigenvalue weighted by Crippen LogP contribution is -1.89. The molecule has 1 aromatic carbocycles. The molecular formula is C10H9Cl2N. The van der Waals surface area contributed by atoms with Crippen molar-refractivity contribution in [2.75, 3.05) is 0 Å². The number of halogens is 2. The van der Waals surface area contributed by atoms with E-state index in [1.807, 2.05) is 19.1 Å². The molecule has 0 radical (unpaired) electrons. The molecule has 0 spiro atoms. The number of hydrogen-bond donors (Lipinski definition) is 0. The van der Waals surface area contributed by atoms with E-state index in [9.17, 15) is 0 Å². The van der Waals surface area contributed by atoms with Gasteiger partial charge in [0.1, 0.15) is 0 Å². The van der Waals surface area contributed by atoms with E-state index < -0.39 is 0 Å². The van der Waals surface area contributed by atoms with Crippen LogP contribution in [0.15, 0.2) is 12.1 Å². The standard InChI is InChI=1S/C10H9Cl2N/c1-7-5-9(11)10(12)6-8(7)3-2-4-13/h5-6H,2-3H2,1H3. The van der Waals surface area contributed by atoms with Gasteiger partial charge in [-0.2, -0.15) is 5.26 Å². The molecule has 0 amide bonds. The van der Waals surface area contributed by atoms with Gasteiger partial charge in [0.05, 0.1) is 16.1 Å². The van der Waals surface area contributed by atoms with Crippen LogP contribution in [0.4, 0.5) is 0 Å². The molecule has 1 aromatic rings. The molecule has 0 heterocycles. The van der Waals surface area contributed by atoms with Crippen LogP contribution in [-0.4, -0.2) is 0 Å². The zero-order valence-electron chi connectivity index (χ0n) is 7.27. The first-order valence-electron chi connectivity index (χ1n) is 3.96. The Morgan fingerprint density at radius 1 is 1.31 bits per heavy atom. The van der Waals surface area contributed by atoms with Crippen molar-refractivity contribution >= 4 is 23.2 Å². The third-order valence-electron chi connectivity index (χ3n) is 1.88. The largest absolute Gasteiger partial charge is 0.198 e. The number of aryl methyl sites for hydroxylation is 2. The molecule has 68 valence electrons. The number of nitrogens with zero attached hydrogens (tertiary/aromatic N) is 1. The van der Waals surface area contributed by atoms with Crippen LogP contribution in [-0.2, 0) is 6.42 Å². The first-order valence-corrected chi connectivity index (χ1v) is 4.72. The molecule has 0 N–H and O–H groups in total. The Morgan fingerprint density at radius 3 is 2.54 bits per heavy atom. The van der Waals surface area contributed by atoms with Gasteiger partial charge in [-0.3, -0.25) is 0 Å². The molecule has 0 aliphatic carbocycles. The predicted molar refractivity (Wildman–Crippen MR) is 55.1 cm³/mol. The third-order valence-corrected chi connectivity index (χ3v) is 2.61. The first-order chi connectivity index (χ1) is 6.15. The van der Waals surface area contributed by atoms with E-state index in [0.29, 0.717) is 16.5 Å². The fourth-order valence-corrected chi connectivity index (χ4v) is 1.55. The number of nitriles is 1. The highest BCUT2D eigenvalue weighted by Crippen LogP contribution is 2.26.